The third-order valence-electron chi connectivity index (χ3n) is 5.06. The number of rotatable bonds is 7. The van der Waals surface area contributed by atoms with Gasteiger partial charge in [-0.2, -0.15) is 0 Å². The Labute approximate surface area is 254 Å². The van der Waals surface area contributed by atoms with Crippen LogP contribution in [0.25, 0.3) is 0 Å². The minimum atomic E-state index is -0.934. The molecule has 0 unspecified atom stereocenters. The van der Waals surface area contributed by atoms with Crippen molar-refractivity contribution in [1.82, 2.24) is 14.9 Å². The van der Waals surface area contributed by atoms with Gasteiger partial charge in [-0.3, -0.25) is 25.0 Å². The van der Waals surface area contributed by atoms with Crippen molar-refractivity contribution in [2.75, 3.05) is 0 Å². The molecule has 39 heavy (non-hydrogen) atoms. The molecule has 2 aromatic heterocycles. The molecule has 0 aliphatic heterocycles. The first-order valence-electron chi connectivity index (χ1n) is 10.7. The van der Waals surface area contributed by atoms with E-state index in [4.69, 9.17) is 46.4 Å². The average Bonchev–Trinajstić information content (AvgIpc) is 2.92. The maximum atomic E-state index is 12.2. The first kappa shape index (κ1) is 32.4. The van der Waals surface area contributed by atoms with Gasteiger partial charge >= 0.3 is 17.1 Å². The van der Waals surface area contributed by atoms with E-state index in [1.807, 2.05) is 41.3 Å². The van der Waals surface area contributed by atoms with Crippen molar-refractivity contribution in [2.24, 2.45) is 0 Å². The molecule has 202 valence electrons. The molecule has 0 radical (unpaired) electrons. The Morgan fingerprint density at radius 1 is 0.718 bits per heavy atom. The van der Waals surface area contributed by atoms with Gasteiger partial charge in [0, 0.05) is 44.2 Å². The molecule has 14 heteroatoms. The van der Waals surface area contributed by atoms with Crippen LogP contribution in [0.1, 0.15) is 17.0 Å². The summed E-state index contributed by atoms with van der Waals surface area (Å²) >= 11 is 21.7. The first-order valence-corrected chi connectivity index (χ1v) is 12.3. The minimum absolute atomic E-state index is 0. The van der Waals surface area contributed by atoms with Gasteiger partial charge in [-0.1, -0.05) is 76.1 Å². The third-order valence-corrected chi connectivity index (χ3v) is 6.82. The van der Waals surface area contributed by atoms with Gasteiger partial charge in [0.2, 0.25) is 0 Å². The van der Waals surface area contributed by atoms with Gasteiger partial charge < -0.3 is 15.3 Å². The summed E-state index contributed by atoms with van der Waals surface area (Å²) in [5.41, 5.74) is 1.99. The molecular formula is C25H17Cl4MnN4O5. The van der Waals surface area contributed by atoms with Crippen LogP contribution in [-0.2, 0) is 36.7 Å². The fraction of sp³-hybridized carbons (Fsp3) is 0.120. The standard InChI is InChI=1S/C19H18N4O3.C6H2Cl4O2.Mn/c24-19-8-7-18(23(25)26)11-15(19)12-22(13-16-5-1-3-9-20-16)14-17-6-2-4-10-21-17;7-1-2(8)4(10)6(12)5(11)3(1)9;/h1-11,24H,12-14H2;11-12H;/q;;+3/p-3. The Hall–Kier alpha value is -2.82. The molecule has 4 rings (SSSR count). The molecule has 0 amide bonds. The summed E-state index contributed by atoms with van der Waals surface area (Å²) in [7, 11) is 0. The van der Waals surface area contributed by atoms with E-state index in [-0.39, 0.29) is 45.1 Å². The Bertz CT molecular complexity index is 1270. The second-order valence-electron chi connectivity index (χ2n) is 7.75. The van der Waals surface area contributed by atoms with Crippen LogP contribution in [0.4, 0.5) is 5.69 Å². The van der Waals surface area contributed by atoms with E-state index in [0.717, 1.165) is 11.4 Å². The Kier molecular flexibility index (Phi) is 12.5. The van der Waals surface area contributed by atoms with Crippen LogP contribution in [0.3, 0.4) is 0 Å². The number of aromatic nitrogens is 2. The van der Waals surface area contributed by atoms with Gasteiger partial charge in [-0.05, 0) is 29.8 Å². The van der Waals surface area contributed by atoms with Crippen molar-refractivity contribution in [1.29, 1.82) is 0 Å². The molecule has 2 aromatic carbocycles. The molecule has 4 aromatic rings. The molecule has 2 heterocycles. The maximum absolute atomic E-state index is 12.2. The zero-order chi connectivity index (χ0) is 27.8. The van der Waals surface area contributed by atoms with Gasteiger partial charge in [0.1, 0.15) is 0 Å². The fourth-order valence-corrected chi connectivity index (χ4v) is 4.06. The number of hydrogen-bond donors (Lipinski definition) is 0. The van der Waals surface area contributed by atoms with Gasteiger partial charge in [-0.15, -0.1) is 5.75 Å². The molecule has 0 saturated heterocycles. The number of non-ortho nitro benzene ring substituents is 1. The van der Waals surface area contributed by atoms with Crippen molar-refractivity contribution in [3.8, 4) is 17.2 Å². The van der Waals surface area contributed by atoms with Crippen LogP contribution in [0.2, 0.25) is 20.1 Å². The Morgan fingerprint density at radius 2 is 1.21 bits per heavy atom. The van der Waals surface area contributed by atoms with Gasteiger partial charge in [0.05, 0.1) is 36.4 Å². The number of pyridine rings is 2. The largest absolute Gasteiger partial charge is 3.00 e. The molecule has 9 nitrogen and oxygen atoms in total. The maximum Gasteiger partial charge on any atom is 3.00 e. The van der Waals surface area contributed by atoms with Crippen LogP contribution in [-0.4, -0.2) is 19.8 Å². The van der Waals surface area contributed by atoms with Crippen LogP contribution in [0.5, 0.6) is 17.2 Å². The molecular weight excluding hydrogens is 633 g/mol. The SMILES string of the molecule is O=[N+]([O-])c1ccc([O-])c(CN(Cc2ccccn2)Cc2ccccn2)c1.[Mn+3].[O-]c1c([O-])c(Cl)c(Cl)c(Cl)c1Cl. The van der Waals surface area contributed by atoms with E-state index in [9.17, 15) is 25.4 Å². The number of nitro groups is 1. The predicted molar refractivity (Wildman–Crippen MR) is 139 cm³/mol. The van der Waals surface area contributed by atoms with Crippen LogP contribution in [0.15, 0.2) is 67.0 Å². The summed E-state index contributed by atoms with van der Waals surface area (Å²) in [5, 5.41) is 43.8. The number of hydrogen-bond acceptors (Lipinski definition) is 8. The summed E-state index contributed by atoms with van der Waals surface area (Å²) in [6, 6.07) is 15.1. The molecule has 0 fully saturated rings. The molecule has 0 N–H and O–H groups in total. The summed E-state index contributed by atoms with van der Waals surface area (Å²) in [5.74, 6) is -2.09. The first-order chi connectivity index (χ1) is 18.1. The van der Waals surface area contributed by atoms with Crippen molar-refractivity contribution in [2.45, 2.75) is 19.6 Å². The molecule has 0 saturated carbocycles. The van der Waals surface area contributed by atoms with Gasteiger partial charge in [-0.25, -0.2) is 0 Å². The van der Waals surface area contributed by atoms with Gasteiger partial charge in [0.15, 0.2) is 0 Å². The van der Waals surface area contributed by atoms with E-state index < -0.39 is 26.5 Å². The average molecular weight is 650 g/mol. The van der Waals surface area contributed by atoms with Crippen molar-refractivity contribution in [3.05, 3.63) is 114 Å². The second-order valence-corrected chi connectivity index (χ2v) is 9.26. The quantitative estimate of drug-likeness (QED) is 0.0885. The molecule has 0 aliphatic rings. The molecule has 0 atom stereocenters. The van der Waals surface area contributed by atoms with Crippen molar-refractivity contribution >= 4 is 52.1 Å². The van der Waals surface area contributed by atoms with Crippen molar-refractivity contribution < 1.29 is 37.3 Å². The topological polar surface area (TPSA) is 141 Å². The van der Waals surface area contributed by atoms with E-state index >= 15 is 0 Å². The van der Waals surface area contributed by atoms with Crippen LogP contribution < -0.4 is 15.3 Å². The molecule has 0 bridgehead atoms. The van der Waals surface area contributed by atoms with Crippen LogP contribution in [0, 0.1) is 10.1 Å². The Morgan fingerprint density at radius 3 is 1.62 bits per heavy atom. The van der Waals surface area contributed by atoms with E-state index in [1.165, 1.54) is 18.2 Å². The normalized spacial score (nSPS) is 10.4. The zero-order valence-corrected chi connectivity index (χ0v) is 23.9. The number of nitro benzene ring substituents is 1. The fourth-order valence-electron chi connectivity index (χ4n) is 3.24. The van der Waals surface area contributed by atoms with Gasteiger partial charge in [0.25, 0.3) is 5.69 Å². The summed E-state index contributed by atoms with van der Waals surface area (Å²) in [6.45, 7) is 1.27. The minimum Gasteiger partial charge on any atom is -0.872 e. The number of halogens is 4. The summed E-state index contributed by atoms with van der Waals surface area (Å²) in [4.78, 5) is 21.1. The molecule has 0 aliphatic carbocycles. The monoisotopic (exact) mass is 648 g/mol. The number of nitrogens with zero attached hydrogens (tertiary/aromatic N) is 4. The smallest absolute Gasteiger partial charge is 0.872 e. The summed E-state index contributed by atoms with van der Waals surface area (Å²) < 4.78 is 0. The zero-order valence-electron chi connectivity index (χ0n) is 19.7. The van der Waals surface area contributed by atoms with E-state index in [2.05, 4.69) is 9.97 Å². The Balaban J connectivity index is 0.000000346. The molecule has 0 spiro atoms. The number of benzene rings is 2. The summed E-state index contributed by atoms with van der Waals surface area (Å²) in [6.07, 6.45) is 3.42. The second kappa shape index (κ2) is 15.1. The van der Waals surface area contributed by atoms with Crippen LogP contribution >= 0.6 is 46.4 Å². The van der Waals surface area contributed by atoms with Crippen molar-refractivity contribution in [3.63, 3.8) is 0 Å². The third kappa shape index (κ3) is 8.84. The van der Waals surface area contributed by atoms with E-state index in [1.54, 1.807) is 12.4 Å². The predicted octanol–water partition coefficient (Wildman–Crippen LogP) is 5.11. The van der Waals surface area contributed by atoms with E-state index in [0.29, 0.717) is 18.7 Å².